The van der Waals surface area contributed by atoms with Gasteiger partial charge in [-0.15, -0.1) is 0 Å². The second-order valence-corrected chi connectivity index (χ2v) is 12.6. The van der Waals surface area contributed by atoms with E-state index in [1.807, 2.05) is 48.5 Å². The van der Waals surface area contributed by atoms with E-state index in [1.165, 1.54) is 6.54 Å². The van der Waals surface area contributed by atoms with E-state index in [-0.39, 0.29) is 0 Å². The zero-order valence-corrected chi connectivity index (χ0v) is 12.8. The van der Waals surface area contributed by atoms with Gasteiger partial charge in [-0.25, -0.2) is 0 Å². The number of rotatable bonds is 2. The molecular formula is C12H12BiClN2. The Balaban J connectivity index is 2.28. The van der Waals surface area contributed by atoms with Crippen LogP contribution in [0.2, 0.25) is 0 Å². The second kappa shape index (κ2) is 5.03. The van der Waals surface area contributed by atoms with Crippen LogP contribution in [0.3, 0.4) is 0 Å². The first-order valence-electron chi connectivity index (χ1n) is 4.84. The molecule has 0 saturated heterocycles. The van der Waals surface area contributed by atoms with Crippen molar-refractivity contribution in [2.45, 2.75) is 0 Å². The molecule has 0 aliphatic carbocycles. The van der Waals surface area contributed by atoms with E-state index < -0.39 is 20.6 Å². The normalized spacial score (nSPS) is 10.6. The van der Waals surface area contributed by atoms with Crippen molar-refractivity contribution in [3.8, 4) is 0 Å². The van der Waals surface area contributed by atoms with Crippen LogP contribution < -0.4 is 18.0 Å². The number of hydrogen-bond acceptors (Lipinski definition) is 2. The molecule has 2 nitrogen and oxygen atoms in total. The van der Waals surface area contributed by atoms with Crippen molar-refractivity contribution < 1.29 is 0 Å². The third-order valence-electron chi connectivity index (χ3n) is 2.24. The Labute approximate surface area is 106 Å². The number of hydrogen-bond donors (Lipinski definition) is 2. The summed E-state index contributed by atoms with van der Waals surface area (Å²) in [5.74, 6) is 0. The average molecular weight is 429 g/mol. The molecular weight excluding hydrogens is 417 g/mol. The van der Waals surface area contributed by atoms with Crippen molar-refractivity contribution in [1.29, 1.82) is 0 Å². The fourth-order valence-electron chi connectivity index (χ4n) is 1.36. The van der Waals surface area contributed by atoms with Crippen LogP contribution in [0.1, 0.15) is 0 Å². The second-order valence-electron chi connectivity index (χ2n) is 3.46. The van der Waals surface area contributed by atoms with Gasteiger partial charge in [0.2, 0.25) is 0 Å². The van der Waals surface area contributed by atoms with Gasteiger partial charge in [-0.3, -0.25) is 0 Å². The van der Waals surface area contributed by atoms with Crippen molar-refractivity contribution in [2.75, 3.05) is 11.5 Å². The molecule has 4 N–H and O–H groups in total. The van der Waals surface area contributed by atoms with Crippen LogP contribution in [0.15, 0.2) is 48.5 Å². The van der Waals surface area contributed by atoms with Gasteiger partial charge in [0.1, 0.15) is 0 Å². The summed E-state index contributed by atoms with van der Waals surface area (Å²) in [4.78, 5) is 0. The van der Waals surface area contributed by atoms with Crippen LogP contribution in [0.4, 0.5) is 11.4 Å². The zero-order valence-electron chi connectivity index (χ0n) is 8.60. The molecule has 0 bridgehead atoms. The van der Waals surface area contributed by atoms with Crippen molar-refractivity contribution in [3.63, 3.8) is 0 Å². The summed E-state index contributed by atoms with van der Waals surface area (Å²) < 4.78 is 2.46. The topological polar surface area (TPSA) is 52.0 Å². The Morgan fingerprint density at radius 2 is 1.00 bits per heavy atom. The third kappa shape index (κ3) is 2.66. The van der Waals surface area contributed by atoms with Gasteiger partial charge in [0.05, 0.1) is 0 Å². The summed E-state index contributed by atoms with van der Waals surface area (Å²) in [6.07, 6.45) is 0. The Morgan fingerprint density at radius 1 is 0.688 bits per heavy atom. The van der Waals surface area contributed by atoms with E-state index >= 15 is 0 Å². The van der Waals surface area contributed by atoms with E-state index in [0.717, 1.165) is 11.4 Å². The van der Waals surface area contributed by atoms with Crippen LogP contribution in [-0.4, -0.2) is 20.6 Å². The summed E-state index contributed by atoms with van der Waals surface area (Å²) in [5.41, 5.74) is 12.8. The number of nitrogen functional groups attached to an aromatic ring is 2. The van der Waals surface area contributed by atoms with Crippen LogP contribution in [0, 0.1) is 0 Å². The minimum absolute atomic E-state index is 0.773. The van der Waals surface area contributed by atoms with Gasteiger partial charge in [0, 0.05) is 0 Å². The van der Waals surface area contributed by atoms with Crippen LogP contribution >= 0.6 is 8.51 Å². The predicted octanol–water partition coefficient (Wildman–Crippen LogP) is 1.20. The van der Waals surface area contributed by atoms with E-state index in [2.05, 4.69) is 0 Å². The Morgan fingerprint density at radius 3 is 1.31 bits per heavy atom. The SMILES string of the molecule is Nc1cc[c]([Bi]([Cl])[c]2ccc(N)cc2)cc1. The Hall–Kier alpha value is -0.787. The maximum absolute atomic E-state index is 6.56. The molecule has 2 rings (SSSR count). The van der Waals surface area contributed by atoms with Crippen LogP contribution in [0.25, 0.3) is 0 Å². The maximum atomic E-state index is 6.56. The molecule has 0 spiro atoms. The third-order valence-corrected chi connectivity index (χ3v) is 11.5. The quantitative estimate of drug-likeness (QED) is 0.558. The molecule has 0 saturated carbocycles. The molecule has 0 aromatic heterocycles. The molecule has 0 aliphatic heterocycles. The first kappa shape index (κ1) is 11.7. The van der Waals surface area contributed by atoms with Gasteiger partial charge >= 0.3 is 107 Å². The van der Waals surface area contributed by atoms with E-state index in [4.69, 9.17) is 20.0 Å². The molecule has 4 heteroatoms. The summed E-state index contributed by atoms with van der Waals surface area (Å²) in [5, 5.41) is 0. The molecule has 0 heterocycles. The van der Waals surface area contributed by atoms with Crippen LogP contribution in [0.5, 0.6) is 0 Å². The zero-order chi connectivity index (χ0) is 11.5. The predicted molar refractivity (Wildman–Crippen MR) is 72.6 cm³/mol. The van der Waals surface area contributed by atoms with E-state index in [9.17, 15) is 0 Å². The monoisotopic (exact) mass is 428 g/mol. The molecule has 2 aromatic carbocycles. The van der Waals surface area contributed by atoms with Gasteiger partial charge in [-0.2, -0.15) is 0 Å². The summed E-state index contributed by atoms with van der Waals surface area (Å²) in [6, 6.07) is 15.7. The Kier molecular flexibility index (Phi) is 3.67. The van der Waals surface area contributed by atoms with Crippen molar-refractivity contribution >= 4 is 47.0 Å². The average Bonchev–Trinajstić information content (AvgIpc) is 2.30. The van der Waals surface area contributed by atoms with Gasteiger partial charge in [-0.05, 0) is 0 Å². The fraction of sp³-hybridized carbons (Fsp3) is 0. The summed E-state index contributed by atoms with van der Waals surface area (Å²) in [6.45, 7) is 0. The van der Waals surface area contributed by atoms with Gasteiger partial charge in [0.25, 0.3) is 0 Å². The molecule has 0 fully saturated rings. The van der Waals surface area contributed by atoms with E-state index in [0.29, 0.717) is 0 Å². The standard InChI is InChI=1S/2C6H6N.Bi.ClH/c2*7-6-4-2-1-3-5-6;;/h2*2-5H,7H2;;1H/q;;+1;/p-1. The number of nitrogens with two attached hydrogens (primary N) is 2. The molecule has 0 atom stereocenters. The molecule has 0 amide bonds. The van der Waals surface area contributed by atoms with Crippen molar-refractivity contribution in [2.24, 2.45) is 0 Å². The van der Waals surface area contributed by atoms with E-state index in [1.54, 1.807) is 0 Å². The summed E-state index contributed by atoms with van der Waals surface area (Å²) >= 11 is -2.27. The first-order chi connectivity index (χ1) is 7.66. The van der Waals surface area contributed by atoms with Gasteiger partial charge in [-0.1, -0.05) is 0 Å². The van der Waals surface area contributed by atoms with Crippen molar-refractivity contribution in [3.05, 3.63) is 48.5 Å². The first-order valence-corrected chi connectivity index (χ1v) is 12.6. The fourth-order valence-corrected chi connectivity index (χ4v) is 7.69. The number of anilines is 2. The molecule has 0 aliphatic rings. The number of halogens is 1. The Bertz CT molecular complexity index is 422. The number of benzene rings is 2. The molecule has 0 radical (unpaired) electrons. The molecule has 0 unspecified atom stereocenters. The van der Waals surface area contributed by atoms with Gasteiger partial charge in [0.15, 0.2) is 0 Å². The summed E-state index contributed by atoms with van der Waals surface area (Å²) in [7, 11) is 6.56. The van der Waals surface area contributed by atoms with Crippen molar-refractivity contribution in [1.82, 2.24) is 0 Å². The minimum atomic E-state index is -2.27. The van der Waals surface area contributed by atoms with Crippen LogP contribution in [-0.2, 0) is 0 Å². The molecule has 82 valence electrons. The van der Waals surface area contributed by atoms with Gasteiger partial charge < -0.3 is 0 Å². The molecule has 2 aromatic rings. The molecule has 16 heavy (non-hydrogen) atoms.